The standard InChI is InChI=1S/C13H24ClN3/c1-5-9-15-11(6-2)7-8-12-13(14)10(3)16-17(12)4/h11,15H,5-9H2,1-4H3. The molecule has 3 nitrogen and oxygen atoms in total. The summed E-state index contributed by atoms with van der Waals surface area (Å²) in [6.45, 7) is 7.47. The Morgan fingerprint density at radius 3 is 2.59 bits per heavy atom. The third-order valence-electron chi connectivity index (χ3n) is 3.17. The van der Waals surface area contributed by atoms with Gasteiger partial charge in [-0.25, -0.2) is 0 Å². The minimum Gasteiger partial charge on any atom is -0.314 e. The lowest BCUT2D eigenvalue weighted by molar-refractivity contribution is 0.462. The lowest BCUT2D eigenvalue weighted by Crippen LogP contribution is -2.29. The van der Waals surface area contributed by atoms with Crippen LogP contribution in [0.25, 0.3) is 0 Å². The van der Waals surface area contributed by atoms with E-state index >= 15 is 0 Å². The maximum atomic E-state index is 6.24. The van der Waals surface area contributed by atoms with Gasteiger partial charge in [-0.15, -0.1) is 0 Å². The summed E-state index contributed by atoms with van der Waals surface area (Å²) in [5.41, 5.74) is 2.08. The molecule has 1 rings (SSSR count). The Bertz CT molecular complexity index is 347. The minimum atomic E-state index is 0.584. The molecule has 1 heterocycles. The van der Waals surface area contributed by atoms with Gasteiger partial charge in [0.05, 0.1) is 16.4 Å². The SMILES string of the molecule is CCCNC(CC)CCc1c(Cl)c(C)nn1C. The van der Waals surface area contributed by atoms with E-state index in [9.17, 15) is 0 Å². The van der Waals surface area contributed by atoms with Crippen LogP contribution in [-0.4, -0.2) is 22.4 Å². The molecule has 1 atom stereocenters. The summed E-state index contributed by atoms with van der Waals surface area (Å²) < 4.78 is 1.91. The molecule has 4 heteroatoms. The van der Waals surface area contributed by atoms with Gasteiger partial charge in [0.1, 0.15) is 0 Å². The van der Waals surface area contributed by atoms with E-state index in [-0.39, 0.29) is 0 Å². The topological polar surface area (TPSA) is 29.9 Å². The fraction of sp³-hybridized carbons (Fsp3) is 0.769. The first-order chi connectivity index (χ1) is 8.10. The molecule has 1 unspecified atom stereocenters. The highest BCUT2D eigenvalue weighted by Gasteiger charge is 2.13. The normalized spacial score (nSPS) is 13.0. The van der Waals surface area contributed by atoms with E-state index in [0.29, 0.717) is 6.04 Å². The Kier molecular flexibility index (Phi) is 6.00. The van der Waals surface area contributed by atoms with Crippen LogP contribution in [0.1, 0.15) is 44.5 Å². The first-order valence-electron chi connectivity index (χ1n) is 6.51. The summed E-state index contributed by atoms with van der Waals surface area (Å²) in [7, 11) is 1.97. The van der Waals surface area contributed by atoms with Crippen molar-refractivity contribution in [2.75, 3.05) is 6.54 Å². The summed E-state index contributed by atoms with van der Waals surface area (Å²) in [4.78, 5) is 0. The molecule has 0 saturated carbocycles. The monoisotopic (exact) mass is 257 g/mol. The van der Waals surface area contributed by atoms with Gasteiger partial charge < -0.3 is 5.32 Å². The average molecular weight is 258 g/mol. The van der Waals surface area contributed by atoms with E-state index in [1.165, 1.54) is 6.42 Å². The number of aromatic nitrogens is 2. The lowest BCUT2D eigenvalue weighted by Gasteiger charge is -2.16. The van der Waals surface area contributed by atoms with Gasteiger partial charge in [-0.05, 0) is 39.2 Å². The zero-order valence-electron chi connectivity index (χ0n) is 11.4. The molecular formula is C13H24ClN3. The lowest BCUT2D eigenvalue weighted by atomic mass is 10.1. The quantitative estimate of drug-likeness (QED) is 0.814. The van der Waals surface area contributed by atoms with Crippen molar-refractivity contribution in [3.8, 4) is 0 Å². The van der Waals surface area contributed by atoms with E-state index in [0.717, 1.165) is 42.2 Å². The number of aryl methyl sites for hydroxylation is 2. The fourth-order valence-corrected chi connectivity index (χ4v) is 2.32. The molecule has 0 aliphatic rings. The van der Waals surface area contributed by atoms with Crippen LogP contribution in [0.5, 0.6) is 0 Å². The number of nitrogens with zero attached hydrogens (tertiary/aromatic N) is 2. The second-order valence-electron chi connectivity index (χ2n) is 4.57. The first-order valence-corrected chi connectivity index (χ1v) is 6.89. The van der Waals surface area contributed by atoms with Gasteiger partial charge in [0, 0.05) is 13.1 Å². The Morgan fingerprint density at radius 1 is 1.41 bits per heavy atom. The molecule has 0 aliphatic carbocycles. The highest BCUT2D eigenvalue weighted by Crippen LogP contribution is 2.21. The molecule has 0 spiro atoms. The van der Waals surface area contributed by atoms with Crippen molar-refractivity contribution in [3.05, 3.63) is 16.4 Å². The highest BCUT2D eigenvalue weighted by atomic mass is 35.5. The Morgan fingerprint density at radius 2 is 2.12 bits per heavy atom. The maximum Gasteiger partial charge on any atom is 0.0846 e. The first kappa shape index (κ1) is 14.5. The van der Waals surface area contributed by atoms with Gasteiger partial charge >= 0.3 is 0 Å². The predicted molar refractivity (Wildman–Crippen MR) is 73.6 cm³/mol. The molecule has 0 aliphatic heterocycles. The van der Waals surface area contributed by atoms with Crippen LogP contribution in [-0.2, 0) is 13.5 Å². The molecule has 0 bridgehead atoms. The Balaban J connectivity index is 2.53. The Hall–Kier alpha value is -0.540. The molecule has 0 amide bonds. The van der Waals surface area contributed by atoms with Crippen molar-refractivity contribution in [1.82, 2.24) is 15.1 Å². The van der Waals surface area contributed by atoms with E-state index < -0.39 is 0 Å². The van der Waals surface area contributed by atoms with E-state index in [1.807, 2.05) is 18.7 Å². The zero-order valence-corrected chi connectivity index (χ0v) is 12.1. The van der Waals surface area contributed by atoms with Gasteiger partial charge in [-0.1, -0.05) is 25.4 Å². The number of rotatable bonds is 7. The second-order valence-corrected chi connectivity index (χ2v) is 4.95. The largest absolute Gasteiger partial charge is 0.314 e. The molecule has 0 aromatic carbocycles. The van der Waals surface area contributed by atoms with Gasteiger partial charge in [-0.2, -0.15) is 5.10 Å². The summed E-state index contributed by atoms with van der Waals surface area (Å²) >= 11 is 6.24. The van der Waals surface area contributed by atoms with Gasteiger partial charge in [0.2, 0.25) is 0 Å². The maximum absolute atomic E-state index is 6.24. The van der Waals surface area contributed by atoms with E-state index in [2.05, 4.69) is 24.3 Å². The third kappa shape index (κ3) is 4.00. The molecule has 0 fully saturated rings. The van der Waals surface area contributed by atoms with Crippen LogP contribution in [0.2, 0.25) is 5.02 Å². The van der Waals surface area contributed by atoms with Crippen molar-refractivity contribution >= 4 is 11.6 Å². The van der Waals surface area contributed by atoms with Crippen LogP contribution in [0.3, 0.4) is 0 Å². The molecule has 1 aromatic rings. The molecule has 1 N–H and O–H groups in total. The Labute approximate surface area is 110 Å². The molecule has 0 saturated heterocycles. The molecule has 0 radical (unpaired) electrons. The number of hydrogen-bond donors (Lipinski definition) is 1. The van der Waals surface area contributed by atoms with E-state index in [4.69, 9.17) is 11.6 Å². The van der Waals surface area contributed by atoms with Crippen LogP contribution >= 0.6 is 11.6 Å². The summed E-state index contributed by atoms with van der Waals surface area (Å²) in [5.74, 6) is 0. The summed E-state index contributed by atoms with van der Waals surface area (Å²) in [6, 6.07) is 0.584. The number of halogens is 1. The molecule has 98 valence electrons. The van der Waals surface area contributed by atoms with Crippen molar-refractivity contribution in [2.45, 2.75) is 52.5 Å². The average Bonchev–Trinajstić information content (AvgIpc) is 2.55. The smallest absolute Gasteiger partial charge is 0.0846 e. The highest BCUT2D eigenvalue weighted by molar-refractivity contribution is 6.31. The number of hydrogen-bond acceptors (Lipinski definition) is 2. The second kappa shape index (κ2) is 7.02. The fourth-order valence-electron chi connectivity index (χ4n) is 2.06. The van der Waals surface area contributed by atoms with Crippen molar-refractivity contribution in [1.29, 1.82) is 0 Å². The van der Waals surface area contributed by atoms with Crippen molar-refractivity contribution in [3.63, 3.8) is 0 Å². The molecular weight excluding hydrogens is 234 g/mol. The summed E-state index contributed by atoms with van der Waals surface area (Å²) in [5, 5.41) is 8.73. The van der Waals surface area contributed by atoms with Crippen molar-refractivity contribution in [2.24, 2.45) is 7.05 Å². The van der Waals surface area contributed by atoms with Crippen LogP contribution in [0.15, 0.2) is 0 Å². The minimum absolute atomic E-state index is 0.584. The third-order valence-corrected chi connectivity index (χ3v) is 3.66. The van der Waals surface area contributed by atoms with Gasteiger partial charge in [0.15, 0.2) is 0 Å². The van der Waals surface area contributed by atoms with Crippen LogP contribution in [0, 0.1) is 6.92 Å². The zero-order chi connectivity index (χ0) is 12.8. The van der Waals surface area contributed by atoms with Crippen LogP contribution in [0.4, 0.5) is 0 Å². The summed E-state index contributed by atoms with van der Waals surface area (Å²) in [6.07, 6.45) is 4.46. The van der Waals surface area contributed by atoms with Gasteiger partial charge in [0.25, 0.3) is 0 Å². The van der Waals surface area contributed by atoms with Gasteiger partial charge in [-0.3, -0.25) is 4.68 Å². The molecule has 17 heavy (non-hydrogen) atoms. The van der Waals surface area contributed by atoms with E-state index in [1.54, 1.807) is 0 Å². The molecule has 1 aromatic heterocycles. The predicted octanol–water partition coefficient (Wildman–Crippen LogP) is 3.09. The van der Waals surface area contributed by atoms with Crippen LogP contribution < -0.4 is 5.32 Å². The number of nitrogens with one attached hydrogen (secondary N) is 1. The van der Waals surface area contributed by atoms with Crippen molar-refractivity contribution < 1.29 is 0 Å².